The summed E-state index contributed by atoms with van der Waals surface area (Å²) in [7, 11) is 0. The molecule has 0 fully saturated rings. The summed E-state index contributed by atoms with van der Waals surface area (Å²) in [5.74, 6) is 0.252. The van der Waals surface area contributed by atoms with Crippen LogP contribution in [0.4, 0.5) is 0 Å². The van der Waals surface area contributed by atoms with E-state index in [9.17, 15) is 4.79 Å². The molecule has 4 heteroatoms. The Kier molecular flexibility index (Phi) is 3.28. The molecule has 0 aliphatic carbocycles. The second kappa shape index (κ2) is 4.90. The molecule has 0 atom stereocenters. The molecule has 0 saturated carbocycles. The van der Waals surface area contributed by atoms with Gasteiger partial charge in [0.15, 0.2) is 5.65 Å². The molecule has 0 bridgehead atoms. The number of aromatic nitrogens is 3. The minimum atomic E-state index is -0.198. The van der Waals surface area contributed by atoms with E-state index in [4.69, 9.17) is 4.98 Å². The molecule has 4 nitrogen and oxygen atoms in total. The summed E-state index contributed by atoms with van der Waals surface area (Å²) >= 11 is 0. The maximum atomic E-state index is 11.9. The second-order valence-corrected chi connectivity index (χ2v) is 7.06. The standard InChI is InChI=1S/C18H21N3O/c1-11(2)14-10-16(22)20-17-12-6-7-15(18(3,4)5)19-13(12)8-9-21(14)17/h6-11H,1-5H3. The molecule has 0 radical (unpaired) electrons. The molecule has 0 aliphatic heterocycles. The zero-order chi connectivity index (χ0) is 16.1. The Morgan fingerprint density at radius 2 is 1.82 bits per heavy atom. The fourth-order valence-corrected chi connectivity index (χ4v) is 2.65. The summed E-state index contributed by atoms with van der Waals surface area (Å²) in [6.45, 7) is 10.6. The first-order chi connectivity index (χ1) is 10.3. The Bertz CT molecular complexity index is 917. The van der Waals surface area contributed by atoms with E-state index in [1.165, 1.54) is 0 Å². The summed E-state index contributed by atoms with van der Waals surface area (Å²) in [5.41, 5.74) is 3.36. The lowest BCUT2D eigenvalue weighted by Crippen LogP contribution is -2.15. The van der Waals surface area contributed by atoms with Gasteiger partial charge in [0.05, 0.1) is 5.52 Å². The Labute approximate surface area is 129 Å². The Hall–Kier alpha value is -2.23. The molecular formula is C18H21N3O. The van der Waals surface area contributed by atoms with Crippen molar-refractivity contribution < 1.29 is 0 Å². The monoisotopic (exact) mass is 295 g/mol. The third kappa shape index (κ3) is 2.39. The van der Waals surface area contributed by atoms with Gasteiger partial charge in [-0.1, -0.05) is 34.6 Å². The molecule has 0 amide bonds. The fourth-order valence-electron chi connectivity index (χ4n) is 2.65. The Balaban J connectivity index is 2.39. The van der Waals surface area contributed by atoms with Gasteiger partial charge < -0.3 is 4.40 Å². The lowest BCUT2D eigenvalue weighted by Gasteiger charge is -2.18. The highest BCUT2D eigenvalue weighted by Crippen LogP contribution is 2.25. The molecule has 0 N–H and O–H groups in total. The lowest BCUT2D eigenvalue weighted by molar-refractivity contribution is 0.571. The predicted molar refractivity (Wildman–Crippen MR) is 89.6 cm³/mol. The van der Waals surface area contributed by atoms with Gasteiger partial charge in [0, 0.05) is 34.5 Å². The number of rotatable bonds is 1. The first kappa shape index (κ1) is 14.7. The van der Waals surface area contributed by atoms with E-state index in [0.29, 0.717) is 5.65 Å². The van der Waals surface area contributed by atoms with Gasteiger partial charge >= 0.3 is 0 Å². The van der Waals surface area contributed by atoms with Crippen molar-refractivity contribution in [2.45, 2.75) is 46.0 Å². The van der Waals surface area contributed by atoms with Crippen LogP contribution in [0.25, 0.3) is 16.6 Å². The van der Waals surface area contributed by atoms with E-state index < -0.39 is 0 Å². The molecular weight excluding hydrogens is 274 g/mol. The van der Waals surface area contributed by atoms with E-state index in [-0.39, 0.29) is 16.9 Å². The van der Waals surface area contributed by atoms with Crippen molar-refractivity contribution in [1.29, 1.82) is 0 Å². The van der Waals surface area contributed by atoms with Gasteiger partial charge in [-0.05, 0) is 24.1 Å². The topological polar surface area (TPSA) is 47.3 Å². The van der Waals surface area contributed by atoms with E-state index >= 15 is 0 Å². The average Bonchev–Trinajstić information content (AvgIpc) is 2.44. The lowest BCUT2D eigenvalue weighted by atomic mass is 9.91. The third-order valence-electron chi connectivity index (χ3n) is 3.90. The minimum Gasteiger partial charge on any atom is -0.304 e. The highest BCUT2D eigenvalue weighted by Gasteiger charge is 2.17. The van der Waals surface area contributed by atoms with Crippen molar-refractivity contribution >= 4 is 16.6 Å². The van der Waals surface area contributed by atoms with Crippen molar-refractivity contribution in [2.24, 2.45) is 0 Å². The molecule has 0 saturated heterocycles. The van der Waals surface area contributed by atoms with Crippen molar-refractivity contribution in [2.75, 3.05) is 0 Å². The van der Waals surface area contributed by atoms with Gasteiger partial charge in [0.2, 0.25) is 0 Å². The van der Waals surface area contributed by atoms with Crippen LogP contribution in [0.2, 0.25) is 0 Å². The average molecular weight is 295 g/mol. The molecule has 0 aliphatic rings. The van der Waals surface area contributed by atoms with Gasteiger partial charge in [-0.2, -0.15) is 4.98 Å². The Morgan fingerprint density at radius 1 is 1.09 bits per heavy atom. The van der Waals surface area contributed by atoms with Crippen LogP contribution < -0.4 is 5.56 Å². The quantitative estimate of drug-likeness (QED) is 0.644. The van der Waals surface area contributed by atoms with Crippen LogP contribution in [-0.2, 0) is 5.41 Å². The molecule has 114 valence electrons. The van der Waals surface area contributed by atoms with Crippen LogP contribution >= 0.6 is 0 Å². The molecule has 3 aromatic heterocycles. The third-order valence-corrected chi connectivity index (χ3v) is 3.90. The van der Waals surface area contributed by atoms with Crippen LogP contribution in [0.15, 0.2) is 35.3 Å². The molecule has 3 heterocycles. The van der Waals surface area contributed by atoms with Crippen LogP contribution in [-0.4, -0.2) is 14.4 Å². The SMILES string of the molecule is CC(C)c1cc(=O)nc2c3ccc(C(C)(C)C)nc3ccn12. The van der Waals surface area contributed by atoms with Crippen LogP contribution in [0.1, 0.15) is 51.9 Å². The van der Waals surface area contributed by atoms with Crippen molar-refractivity contribution in [3.8, 4) is 0 Å². The number of pyridine rings is 2. The summed E-state index contributed by atoms with van der Waals surface area (Å²) in [6.07, 6.45) is 1.96. The van der Waals surface area contributed by atoms with Gasteiger partial charge in [-0.3, -0.25) is 9.78 Å². The van der Waals surface area contributed by atoms with E-state index in [0.717, 1.165) is 22.3 Å². The number of hydrogen-bond acceptors (Lipinski definition) is 3. The van der Waals surface area contributed by atoms with Crippen LogP contribution in [0.5, 0.6) is 0 Å². The normalized spacial score (nSPS) is 12.5. The maximum Gasteiger partial charge on any atom is 0.273 e. The number of fused-ring (bicyclic) bond motifs is 3. The smallest absolute Gasteiger partial charge is 0.273 e. The van der Waals surface area contributed by atoms with E-state index in [1.54, 1.807) is 6.07 Å². The Morgan fingerprint density at radius 3 is 2.45 bits per heavy atom. The van der Waals surface area contributed by atoms with Crippen molar-refractivity contribution in [3.63, 3.8) is 0 Å². The van der Waals surface area contributed by atoms with Crippen molar-refractivity contribution in [1.82, 2.24) is 14.4 Å². The van der Waals surface area contributed by atoms with Gasteiger partial charge in [0.25, 0.3) is 5.56 Å². The maximum absolute atomic E-state index is 11.9. The van der Waals surface area contributed by atoms with Crippen LogP contribution in [0, 0.1) is 0 Å². The van der Waals surface area contributed by atoms with Gasteiger partial charge in [-0.25, -0.2) is 0 Å². The molecule has 22 heavy (non-hydrogen) atoms. The summed E-state index contributed by atoms with van der Waals surface area (Å²) in [6, 6.07) is 7.65. The van der Waals surface area contributed by atoms with Gasteiger partial charge in [-0.15, -0.1) is 0 Å². The molecule has 3 aromatic rings. The zero-order valence-corrected chi connectivity index (χ0v) is 13.7. The first-order valence-electron chi connectivity index (χ1n) is 7.61. The fraction of sp³-hybridized carbons (Fsp3) is 0.389. The number of hydrogen-bond donors (Lipinski definition) is 0. The molecule has 0 aromatic carbocycles. The zero-order valence-electron chi connectivity index (χ0n) is 13.7. The van der Waals surface area contributed by atoms with E-state index in [2.05, 4.69) is 39.6 Å². The summed E-state index contributed by atoms with van der Waals surface area (Å²) in [5, 5.41) is 0.912. The minimum absolute atomic E-state index is 0.00675. The van der Waals surface area contributed by atoms with E-state index in [1.807, 2.05) is 28.8 Å². The van der Waals surface area contributed by atoms with Crippen molar-refractivity contribution in [3.05, 3.63) is 52.2 Å². The highest BCUT2D eigenvalue weighted by molar-refractivity contribution is 5.91. The summed E-state index contributed by atoms with van der Waals surface area (Å²) < 4.78 is 1.99. The summed E-state index contributed by atoms with van der Waals surface area (Å²) in [4.78, 5) is 20.9. The van der Waals surface area contributed by atoms with Crippen LogP contribution in [0.3, 0.4) is 0 Å². The molecule has 0 spiro atoms. The van der Waals surface area contributed by atoms with Gasteiger partial charge in [0.1, 0.15) is 0 Å². The molecule has 0 unspecified atom stereocenters. The largest absolute Gasteiger partial charge is 0.304 e. The number of nitrogens with zero attached hydrogens (tertiary/aromatic N) is 3. The second-order valence-electron chi connectivity index (χ2n) is 7.06. The first-order valence-corrected chi connectivity index (χ1v) is 7.61. The predicted octanol–water partition coefficient (Wildman–Crippen LogP) is 3.66. The highest BCUT2D eigenvalue weighted by atomic mass is 16.1. The molecule has 3 rings (SSSR count).